The Hall–Kier alpha value is -2.80. The van der Waals surface area contributed by atoms with Crippen molar-refractivity contribution in [3.05, 3.63) is 48.7 Å². The van der Waals surface area contributed by atoms with Crippen LogP contribution in [-0.4, -0.2) is 32.6 Å². The van der Waals surface area contributed by atoms with Gasteiger partial charge in [0.1, 0.15) is 5.82 Å². The van der Waals surface area contributed by atoms with Crippen molar-refractivity contribution in [1.29, 1.82) is 0 Å². The monoisotopic (exact) mass is 366 g/mol. The Labute approximate surface area is 157 Å². The molecule has 4 rings (SSSR count). The number of imidazole rings is 1. The van der Waals surface area contributed by atoms with Gasteiger partial charge in [0.15, 0.2) is 0 Å². The molecule has 1 aliphatic rings. The molecule has 27 heavy (non-hydrogen) atoms. The average molecular weight is 366 g/mol. The SMILES string of the molecule is CNc1nccc(-c2c(-c3ccc(F)cc3)ncn2C2CCC(N)CC2)n1. The molecule has 0 amide bonds. The second-order valence-corrected chi connectivity index (χ2v) is 6.94. The third kappa shape index (κ3) is 3.55. The number of anilines is 1. The Kier molecular flexibility index (Phi) is 4.85. The molecule has 2 heterocycles. The number of halogens is 1. The molecule has 0 aliphatic heterocycles. The zero-order chi connectivity index (χ0) is 18.8. The maximum Gasteiger partial charge on any atom is 0.222 e. The molecule has 1 aromatic carbocycles. The van der Waals surface area contributed by atoms with E-state index in [9.17, 15) is 4.39 Å². The van der Waals surface area contributed by atoms with Gasteiger partial charge < -0.3 is 15.6 Å². The molecule has 6 nitrogen and oxygen atoms in total. The van der Waals surface area contributed by atoms with Crippen LogP contribution in [0.4, 0.5) is 10.3 Å². The molecule has 3 N–H and O–H groups in total. The van der Waals surface area contributed by atoms with Gasteiger partial charge in [-0.3, -0.25) is 0 Å². The first kappa shape index (κ1) is 17.6. The highest BCUT2D eigenvalue weighted by Crippen LogP contribution is 2.37. The van der Waals surface area contributed by atoms with E-state index in [1.807, 2.05) is 12.4 Å². The third-order valence-electron chi connectivity index (χ3n) is 5.17. The van der Waals surface area contributed by atoms with Gasteiger partial charge in [0.2, 0.25) is 5.95 Å². The summed E-state index contributed by atoms with van der Waals surface area (Å²) in [4.78, 5) is 13.5. The fourth-order valence-electron chi connectivity index (χ4n) is 3.70. The van der Waals surface area contributed by atoms with E-state index in [0.29, 0.717) is 12.0 Å². The first-order valence-electron chi connectivity index (χ1n) is 9.25. The summed E-state index contributed by atoms with van der Waals surface area (Å²) < 4.78 is 15.6. The van der Waals surface area contributed by atoms with Crippen LogP contribution in [0.3, 0.4) is 0 Å². The molecule has 7 heteroatoms. The second-order valence-electron chi connectivity index (χ2n) is 6.94. The molecule has 2 aromatic heterocycles. The van der Waals surface area contributed by atoms with Crippen molar-refractivity contribution >= 4 is 5.95 Å². The summed E-state index contributed by atoms with van der Waals surface area (Å²) in [5.74, 6) is 0.288. The first-order valence-corrected chi connectivity index (χ1v) is 9.25. The predicted molar refractivity (Wildman–Crippen MR) is 104 cm³/mol. The molecule has 0 bridgehead atoms. The van der Waals surface area contributed by atoms with E-state index >= 15 is 0 Å². The summed E-state index contributed by atoms with van der Waals surface area (Å²) >= 11 is 0. The maximum absolute atomic E-state index is 13.4. The van der Waals surface area contributed by atoms with Gasteiger partial charge in [0, 0.05) is 30.9 Å². The highest BCUT2D eigenvalue weighted by atomic mass is 19.1. The average Bonchev–Trinajstić information content (AvgIpc) is 3.14. The van der Waals surface area contributed by atoms with Crippen LogP contribution in [0.1, 0.15) is 31.7 Å². The van der Waals surface area contributed by atoms with Crippen molar-refractivity contribution in [2.45, 2.75) is 37.8 Å². The van der Waals surface area contributed by atoms with E-state index in [1.54, 1.807) is 25.4 Å². The number of hydrogen-bond donors (Lipinski definition) is 2. The number of nitrogens with zero attached hydrogens (tertiary/aromatic N) is 4. The van der Waals surface area contributed by atoms with Crippen molar-refractivity contribution < 1.29 is 4.39 Å². The summed E-state index contributed by atoms with van der Waals surface area (Å²) in [6.07, 6.45) is 7.63. The lowest BCUT2D eigenvalue weighted by Gasteiger charge is -2.28. The van der Waals surface area contributed by atoms with Crippen molar-refractivity contribution in [2.75, 3.05) is 12.4 Å². The standard InChI is InChI=1S/C20H23FN6/c1-23-20-24-11-10-17(26-20)19-18(13-2-4-14(21)5-3-13)25-12-27(19)16-8-6-15(22)7-9-16/h2-5,10-12,15-16H,6-9,22H2,1H3,(H,23,24,26). The molecule has 140 valence electrons. The van der Waals surface area contributed by atoms with Crippen LogP contribution in [0.5, 0.6) is 0 Å². The lowest BCUT2D eigenvalue weighted by atomic mass is 9.91. The lowest BCUT2D eigenvalue weighted by molar-refractivity contribution is 0.325. The molecule has 0 saturated heterocycles. The molecule has 1 aliphatic carbocycles. The molecule has 0 radical (unpaired) electrons. The Morgan fingerprint density at radius 1 is 1.07 bits per heavy atom. The van der Waals surface area contributed by atoms with Gasteiger partial charge in [0.25, 0.3) is 0 Å². The van der Waals surface area contributed by atoms with Gasteiger partial charge in [-0.25, -0.2) is 19.3 Å². The van der Waals surface area contributed by atoms with Crippen LogP contribution >= 0.6 is 0 Å². The Morgan fingerprint density at radius 2 is 1.81 bits per heavy atom. The summed E-state index contributed by atoms with van der Waals surface area (Å²) in [5, 5.41) is 2.98. The van der Waals surface area contributed by atoms with Crippen LogP contribution in [0.2, 0.25) is 0 Å². The second kappa shape index (κ2) is 7.44. The van der Waals surface area contributed by atoms with E-state index in [0.717, 1.165) is 48.3 Å². The summed E-state index contributed by atoms with van der Waals surface area (Å²) in [6, 6.07) is 8.91. The first-order chi connectivity index (χ1) is 13.2. The normalized spacial score (nSPS) is 19.8. The summed E-state index contributed by atoms with van der Waals surface area (Å²) in [7, 11) is 1.79. The molecule has 0 spiro atoms. The van der Waals surface area contributed by atoms with E-state index in [-0.39, 0.29) is 11.9 Å². The van der Waals surface area contributed by atoms with E-state index in [4.69, 9.17) is 5.73 Å². The van der Waals surface area contributed by atoms with Gasteiger partial charge in [-0.2, -0.15) is 0 Å². The van der Waals surface area contributed by atoms with Crippen molar-refractivity contribution in [3.63, 3.8) is 0 Å². The number of hydrogen-bond acceptors (Lipinski definition) is 5. The van der Waals surface area contributed by atoms with Gasteiger partial charge in [-0.1, -0.05) is 0 Å². The van der Waals surface area contributed by atoms with Gasteiger partial charge >= 0.3 is 0 Å². The maximum atomic E-state index is 13.4. The summed E-state index contributed by atoms with van der Waals surface area (Å²) in [6.45, 7) is 0. The fourth-order valence-corrected chi connectivity index (χ4v) is 3.70. The van der Waals surface area contributed by atoms with Crippen LogP contribution in [0.25, 0.3) is 22.6 Å². The molecule has 1 saturated carbocycles. The Balaban J connectivity index is 1.83. The Morgan fingerprint density at radius 3 is 2.52 bits per heavy atom. The molecule has 3 aromatic rings. The smallest absolute Gasteiger partial charge is 0.222 e. The van der Waals surface area contributed by atoms with Crippen LogP contribution in [0.15, 0.2) is 42.9 Å². The highest BCUT2D eigenvalue weighted by molar-refractivity contribution is 5.77. The highest BCUT2D eigenvalue weighted by Gasteiger charge is 2.25. The van der Waals surface area contributed by atoms with E-state index in [2.05, 4.69) is 24.8 Å². The van der Waals surface area contributed by atoms with Crippen LogP contribution in [-0.2, 0) is 0 Å². The predicted octanol–water partition coefficient (Wildman–Crippen LogP) is 3.63. The van der Waals surface area contributed by atoms with Crippen molar-refractivity contribution in [2.24, 2.45) is 5.73 Å². The van der Waals surface area contributed by atoms with Gasteiger partial charge in [-0.05, 0) is 56.0 Å². The number of aromatic nitrogens is 4. The van der Waals surface area contributed by atoms with Crippen molar-refractivity contribution in [1.82, 2.24) is 19.5 Å². The number of rotatable bonds is 4. The molecule has 1 fully saturated rings. The minimum absolute atomic E-state index is 0.263. The van der Waals surface area contributed by atoms with Crippen LogP contribution < -0.4 is 11.1 Å². The minimum Gasteiger partial charge on any atom is -0.357 e. The zero-order valence-corrected chi connectivity index (χ0v) is 15.3. The zero-order valence-electron chi connectivity index (χ0n) is 15.3. The third-order valence-corrected chi connectivity index (χ3v) is 5.17. The van der Waals surface area contributed by atoms with Crippen LogP contribution in [0, 0.1) is 5.82 Å². The number of nitrogens with two attached hydrogens (primary N) is 1. The lowest BCUT2D eigenvalue weighted by Crippen LogP contribution is -2.27. The quantitative estimate of drug-likeness (QED) is 0.737. The summed E-state index contributed by atoms with van der Waals surface area (Å²) in [5.41, 5.74) is 9.47. The molecule has 0 atom stereocenters. The van der Waals surface area contributed by atoms with Crippen molar-refractivity contribution in [3.8, 4) is 22.6 Å². The Bertz CT molecular complexity index is 912. The van der Waals surface area contributed by atoms with Gasteiger partial charge in [0.05, 0.1) is 23.4 Å². The number of benzene rings is 1. The largest absolute Gasteiger partial charge is 0.357 e. The molecular weight excluding hydrogens is 343 g/mol. The van der Waals surface area contributed by atoms with E-state index < -0.39 is 0 Å². The fraction of sp³-hybridized carbons (Fsp3) is 0.350. The molecular formula is C20H23FN6. The minimum atomic E-state index is -0.263. The topological polar surface area (TPSA) is 81.7 Å². The van der Waals surface area contributed by atoms with E-state index in [1.165, 1.54) is 12.1 Å². The molecule has 0 unspecified atom stereocenters. The van der Waals surface area contributed by atoms with Gasteiger partial charge in [-0.15, -0.1) is 0 Å². The number of nitrogens with one attached hydrogen (secondary N) is 1.